The van der Waals surface area contributed by atoms with Crippen molar-refractivity contribution in [1.82, 2.24) is 0 Å². The fourth-order valence-electron chi connectivity index (χ4n) is 2.60. The van der Waals surface area contributed by atoms with E-state index in [0.29, 0.717) is 16.8 Å². The number of rotatable bonds is 3. The first-order valence-corrected chi connectivity index (χ1v) is 7.25. The molecule has 0 saturated heterocycles. The fraction of sp³-hybridized carbons (Fsp3) is 0.571. The predicted molar refractivity (Wildman–Crippen MR) is 77.8 cm³/mol. The van der Waals surface area contributed by atoms with Crippen molar-refractivity contribution in [2.75, 3.05) is 5.32 Å². The average Bonchev–Trinajstić information content (AvgIpc) is 2.34. The minimum atomic E-state index is -0.378. The Morgan fingerprint density at radius 2 is 1.79 bits per heavy atom. The van der Waals surface area contributed by atoms with E-state index in [1.807, 2.05) is 0 Å². The highest BCUT2D eigenvalue weighted by Crippen LogP contribution is 2.30. The highest BCUT2D eigenvalue weighted by Gasteiger charge is 2.18. The third kappa shape index (κ3) is 4.10. The molecule has 0 radical (unpaired) electrons. The van der Waals surface area contributed by atoms with E-state index < -0.39 is 0 Å². The summed E-state index contributed by atoms with van der Waals surface area (Å²) < 4.78 is 0. The van der Waals surface area contributed by atoms with Gasteiger partial charge in [-0.2, -0.15) is 0 Å². The third-order valence-electron chi connectivity index (χ3n) is 3.62. The highest BCUT2D eigenvalue weighted by molar-refractivity contribution is 6.30. The molecular formula is C14H19ClN2O2. The van der Waals surface area contributed by atoms with Gasteiger partial charge in [0.2, 0.25) is 0 Å². The number of benzene rings is 1. The molecule has 19 heavy (non-hydrogen) atoms. The Hall–Kier alpha value is -1.29. The average molecular weight is 283 g/mol. The van der Waals surface area contributed by atoms with E-state index in [9.17, 15) is 10.1 Å². The highest BCUT2D eigenvalue weighted by atomic mass is 35.5. The van der Waals surface area contributed by atoms with E-state index >= 15 is 0 Å². The van der Waals surface area contributed by atoms with Gasteiger partial charge < -0.3 is 5.32 Å². The maximum Gasteiger partial charge on any atom is 0.293 e. The zero-order valence-corrected chi connectivity index (χ0v) is 11.7. The van der Waals surface area contributed by atoms with Crippen molar-refractivity contribution in [1.29, 1.82) is 0 Å². The van der Waals surface area contributed by atoms with Gasteiger partial charge in [-0.15, -0.1) is 0 Å². The van der Waals surface area contributed by atoms with Gasteiger partial charge >= 0.3 is 0 Å². The Balaban J connectivity index is 2.10. The van der Waals surface area contributed by atoms with Crippen LogP contribution in [0, 0.1) is 10.1 Å². The van der Waals surface area contributed by atoms with Gasteiger partial charge in [0.15, 0.2) is 0 Å². The number of nitro benzene ring substituents is 1. The van der Waals surface area contributed by atoms with Crippen LogP contribution in [0.4, 0.5) is 11.4 Å². The molecule has 104 valence electrons. The lowest BCUT2D eigenvalue weighted by molar-refractivity contribution is -0.384. The van der Waals surface area contributed by atoms with Crippen molar-refractivity contribution < 1.29 is 4.92 Å². The van der Waals surface area contributed by atoms with Crippen molar-refractivity contribution >= 4 is 23.0 Å². The lowest BCUT2D eigenvalue weighted by Crippen LogP contribution is -2.21. The van der Waals surface area contributed by atoms with E-state index in [0.717, 1.165) is 12.8 Å². The van der Waals surface area contributed by atoms with Crippen LogP contribution >= 0.6 is 11.6 Å². The Labute approximate surface area is 118 Å². The van der Waals surface area contributed by atoms with Gasteiger partial charge in [-0.05, 0) is 25.0 Å². The SMILES string of the molecule is O=[N+]([O-])c1cc(Cl)ccc1NC1CCCCCCC1. The van der Waals surface area contributed by atoms with E-state index in [2.05, 4.69) is 5.32 Å². The number of anilines is 1. The molecule has 1 saturated carbocycles. The zero-order valence-electron chi connectivity index (χ0n) is 10.9. The second kappa shape index (κ2) is 6.75. The Morgan fingerprint density at radius 3 is 2.42 bits per heavy atom. The van der Waals surface area contributed by atoms with Gasteiger partial charge in [-0.1, -0.05) is 43.7 Å². The maximum absolute atomic E-state index is 11.0. The molecule has 0 aliphatic heterocycles. The molecule has 0 unspecified atom stereocenters. The molecule has 1 aromatic rings. The van der Waals surface area contributed by atoms with Crippen LogP contribution < -0.4 is 5.32 Å². The standard InChI is InChI=1S/C14H19ClN2O2/c15-11-8-9-13(14(10-11)17(18)19)16-12-6-4-2-1-3-5-7-12/h8-10,12,16H,1-7H2. The van der Waals surface area contributed by atoms with Crippen LogP contribution in [-0.2, 0) is 0 Å². The van der Waals surface area contributed by atoms with Gasteiger partial charge in [0.1, 0.15) is 5.69 Å². The summed E-state index contributed by atoms with van der Waals surface area (Å²) in [5.74, 6) is 0. The van der Waals surface area contributed by atoms with E-state index in [4.69, 9.17) is 11.6 Å². The monoisotopic (exact) mass is 282 g/mol. The van der Waals surface area contributed by atoms with Crippen molar-refractivity contribution in [3.8, 4) is 0 Å². The summed E-state index contributed by atoms with van der Waals surface area (Å²) in [5.41, 5.74) is 0.648. The van der Waals surface area contributed by atoms with Crippen LogP contribution in [0.1, 0.15) is 44.9 Å². The van der Waals surface area contributed by atoms with Crippen LogP contribution in [0.5, 0.6) is 0 Å². The zero-order chi connectivity index (χ0) is 13.7. The van der Waals surface area contributed by atoms with Gasteiger partial charge in [-0.25, -0.2) is 0 Å². The van der Waals surface area contributed by atoms with Gasteiger partial charge in [0, 0.05) is 17.1 Å². The number of hydrogen-bond acceptors (Lipinski definition) is 3. The largest absolute Gasteiger partial charge is 0.377 e. The Morgan fingerprint density at radius 1 is 1.16 bits per heavy atom. The first-order valence-electron chi connectivity index (χ1n) is 6.87. The van der Waals surface area contributed by atoms with Crippen LogP contribution in [0.25, 0.3) is 0 Å². The van der Waals surface area contributed by atoms with Crippen LogP contribution in [0.2, 0.25) is 5.02 Å². The number of hydrogen-bond donors (Lipinski definition) is 1. The molecule has 4 nitrogen and oxygen atoms in total. The number of nitro groups is 1. The fourth-order valence-corrected chi connectivity index (χ4v) is 2.76. The van der Waals surface area contributed by atoms with Crippen LogP contribution in [0.3, 0.4) is 0 Å². The summed E-state index contributed by atoms with van der Waals surface area (Å²) in [7, 11) is 0. The molecule has 1 N–H and O–H groups in total. The maximum atomic E-state index is 11.0. The second-order valence-electron chi connectivity index (χ2n) is 5.10. The van der Waals surface area contributed by atoms with Gasteiger partial charge in [-0.3, -0.25) is 10.1 Å². The summed E-state index contributed by atoms with van der Waals surface area (Å²) in [4.78, 5) is 10.7. The lowest BCUT2D eigenvalue weighted by atomic mass is 9.96. The Bertz CT molecular complexity index is 443. The minimum Gasteiger partial charge on any atom is -0.377 e. The number of halogens is 1. The molecule has 0 amide bonds. The van der Waals surface area contributed by atoms with Crippen molar-refractivity contribution in [3.63, 3.8) is 0 Å². The number of nitrogens with zero attached hydrogens (tertiary/aromatic N) is 1. The first kappa shape index (κ1) is 14.1. The Kier molecular flexibility index (Phi) is 5.02. The molecule has 5 heteroatoms. The van der Waals surface area contributed by atoms with Gasteiger partial charge in [0.05, 0.1) is 4.92 Å². The van der Waals surface area contributed by atoms with Crippen molar-refractivity contribution in [2.24, 2.45) is 0 Å². The molecule has 0 atom stereocenters. The summed E-state index contributed by atoms with van der Waals surface area (Å²) >= 11 is 5.82. The quantitative estimate of drug-likeness (QED) is 0.641. The summed E-state index contributed by atoms with van der Waals surface area (Å²) in [5, 5.41) is 14.8. The molecule has 1 aliphatic carbocycles. The van der Waals surface area contributed by atoms with Gasteiger partial charge in [0.25, 0.3) is 5.69 Å². The molecular weight excluding hydrogens is 264 g/mol. The number of nitrogens with one attached hydrogen (secondary N) is 1. The smallest absolute Gasteiger partial charge is 0.293 e. The predicted octanol–water partition coefficient (Wildman–Crippen LogP) is 4.77. The van der Waals surface area contributed by atoms with Crippen molar-refractivity contribution in [2.45, 2.75) is 51.0 Å². The first-order chi connectivity index (χ1) is 9.16. The lowest BCUT2D eigenvalue weighted by Gasteiger charge is -2.22. The van der Waals surface area contributed by atoms with E-state index in [1.165, 1.54) is 38.2 Å². The van der Waals surface area contributed by atoms with E-state index in [-0.39, 0.29) is 10.6 Å². The summed E-state index contributed by atoms with van der Waals surface area (Å²) in [6, 6.07) is 5.14. The van der Waals surface area contributed by atoms with Crippen LogP contribution in [-0.4, -0.2) is 11.0 Å². The molecule has 0 aromatic heterocycles. The molecule has 2 rings (SSSR count). The second-order valence-corrected chi connectivity index (χ2v) is 5.54. The topological polar surface area (TPSA) is 55.2 Å². The molecule has 0 bridgehead atoms. The molecule has 1 fully saturated rings. The normalized spacial score (nSPS) is 17.5. The summed E-state index contributed by atoms with van der Waals surface area (Å²) in [6.45, 7) is 0. The molecule has 1 aromatic carbocycles. The summed E-state index contributed by atoms with van der Waals surface area (Å²) in [6.07, 6.45) is 8.40. The third-order valence-corrected chi connectivity index (χ3v) is 3.86. The molecule has 0 spiro atoms. The van der Waals surface area contributed by atoms with E-state index in [1.54, 1.807) is 12.1 Å². The minimum absolute atomic E-state index is 0.0644. The van der Waals surface area contributed by atoms with Crippen molar-refractivity contribution in [3.05, 3.63) is 33.3 Å². The van der Waals surface area contributed by atoms with Crippen LogP contribution in [0.15, 0.2) is 18.2 Å². The molecule has 1 aliphatic rings. The molecule has 0 heterocycles.